The van der Waals surface area contributed by atoms with Gasteiger partial charge in [-0.2, -0.15) is 4.31 Å². The molecule has 0 aliphatic carbocycles. The highest BCUT2D eigenvalue weighted by atomic mass is 35.5. The molecule has 0 N–H and O–H groups in total. The SMILES string of the molecule is O=C(CC1CCN(S(=O)(=O)c2ccc(Cl)s2)CC1)N1CCN(c2ccc(F)cc2)CC1. The van der Waals surface area contributed by atoms with Crippen molar-refractivity contribution in [3.05, 3.63) is 46.6 Å². The van der Waals surface area contributed by atoms with Crippen LogP contribution in [0.5, 0.6) is 0 Å². The lowest BCUT2D eigenvalue weighted by molar-refractivity contribution is -0.132. The summed E-state index contributed by atoms with van der Waals surface area (Å²) < 4.78 is 40.8. The maximum absolute atomic E-state index is 13.1. The summed E-state index contributed by atoms with van der Waals surface area (Å²) in [6.45, 7) is 3.57. The molecule has 0 atom stereocenters. The fraction of sp³-hybridized carbons (Fsp3) is 0.476. The van der Waals surface area contributed by atoms with Gasteiger partial charge in [0.05, 0.1) is 4.34 Å². The van der Waals surface area contributed by atoms with Gasteiger partial charge in [-0.15, -0.1) is 11.3 Å². The van der Waals surface area contributed by atoms with E-state index in [0.29, 0.717) is 49.8 Å². The van der Waals surface area contributed by atoms with Crippen LogP contribution in [0.1, 0.15) is 19.3 Å². The van der Waals surface area contributed by atoms with Gasteiger partial charge < -0.3 is 9.80 Å². The summed E-state index contributed by atoms with van der Waals surface area (Å²) in [6, 6.07) is 9.57. The van der Waals surface area contributed by atoms with Crippen molar-refractivity contribution < 1.29 is 17.6 Å². The smallest absolute Gasteiger partial charge is 0.252 e. The minimum absolute atomic E-state index is 0.130. The van der Waals surface area contributed by atoms with E-state index in [-0.39, 0.29) is 21.9 Å². The summed E-state index contributed by atoms with van der Waals surface area (Å²) in [6.07, 6.45) is 1.81. The van der Waals surface area contributed by atoms with Gasteiger partial charge in [0, 0.05) is 51.4 Å². The normalized spacial score (nSPS) is 19.0. The molecule has 2 saturated heterocycles. The first-order valence-corrected chi connectivity index (χ1v) is 13.0. The molecule has 31 heavy (non-hydrogen) atoms. The predicted octanol–water partition coefficient (Wildman–Crippen LogP) is 3.68. The van der Waals surface area contributed by atoms with E-state index >= 15 is 0 Å². The number of hydrogen-bond donors (Lipinski definition) is 0. The number of rotatable bonds is 5. The summed E-state index contributed by atoms with van der Waals surface area (Å²) in [4.78, 5) is 16.8. The van der Waals surface area contributed by atoms with Crippen LogP contribution in [0, 0.1) is 11.7 Å². The molecule has 2 fully saturated rings. The second kappa shape index (κ2) is 9.44. The summed E-state index contributed by atoms with van der Waals surface area (Å²) in [5.41, 5.74) is 0.967. The van der Waals surface area contributed by atoms with Gasteiger partial charge in [0.2, 0.25) is 5.91 Å². The monoisotopic (exact) mass is 485 g/mol. The number of benzene rings is 1. The number of anilines is 1. The van der Waals surface area contributed by atoms with Crippen molar-refractivity contribution in [2.24, 2.45) is 5.92 Å². The van der Waals surface area contributed by atoms with Crippen LogP contribution in [0.15, 0.2) is 40.6 Å². The molecular weight excluding hydrogens is 461 g/mol. The number of carbonyl (C=O) groups excluding carboxylic acids is 1. The third-order valence-corrected chi connectivity index (χ3v) is 9.60. The molecule has 10 heteroatoms. The van der Waals surface area contributed by atoms with Crippen LogP contribution in [0.3, 0.4) is 0 Å². The molecule has 1 aromatic carbocycles. The van der Waals surface area contributed by atoms with E-state index in [0.717, 1.165) is 30.1 Å². The van der Waals surface area contributed by atoms with E-state index in [4.69, 9.17) is 11.6 Å². The van der Waals surface area contributed by atoms with Crippen LogP contribution in [-0.4, -0.2) is 62.8 Å². The fourth-order valence-corrected chi connectivity index (χ4v) is 7.27. The molecule has 1 amide bonds. The lowest BCUT2D eigenvalue weighted by Crippen LogP contribution is -2.49. The average Bonchev–Trinajstić information content (AvgIpc) is 3.22. The summed E-state index contributed by atoms with van der Waals surface area (Å²) in [7, 11) is -3.51. The number of sulfonamides is 1. The Balaban J connectivity index is 1.25. The Morgan fingerprint density at radius 2 is 1.65 bits per heavy atom. The van der Waals surface area contributed by atoms with Crippen LogP contribution in [0.25, 0.3) is 0 Å². The van der Waals surface area contributed by atoms with Crippen LogP contribution >= 0.6 is 22.9 Å². The molecule has 2 aromatic rings. The number of piperidine rings is 1. The Kier molecular flexibility index (Phi) is 6.86. The van der Waals surface area contributed by atoms with Crippen molar-refractivity contribution in [3.8, 4) is 0 Å². The first-order valence-electron chi connectivity index (χ1n) is 10.4. The molecule has 6 nitrogen and oxygen atoms in total. The van der Waals surface area contributed by atoms with E-state index < -0.39 is 10.0 Å². The quantitative estimate of drug-likeness (QED) is 0.648. The summed E-state index contributed by atoms with van der Waals surface area (Å²) in [5.74, 6) is 0.0710. The maximum atomic E-state index is 13.1. The Morgan fingerprint density at radius 1 is 1.00 bits per heavy atom. The summed E-state index contributed by atoms with van der Waals surface area (Å²) in [5, 5.41) is 0. The highest BCUT2D eigenvalue weighted by Crippen LogP contribution is 2.31. The minimum Gasteiger partial charge on any atom is -0.368 e. The van der Waals surface area contributed by atoms with Crippen molar-refractivity contribution in [1.29, 1.82) is 0 Å². The molecule has 1 aromatic heterocycles. The third-order valence-electron chi connectivity index (χ3n) is 6.00. The lowest BCUT2D eigenvalue weighted by Gasteiger charge is -2.37. The van der Waals surface area contributed by atoms with E-state index in [1.54, 1.807) is 24.3 Å². The molecule has 3 heterocycles. The Hall–Kier alpha value is -1.68. The van der Waals surface area contributed by atoms with Gasteiger partial charge in [-0.1, -0.05) is 11.6 Å². The molecular formula is C21H25ClFN3O3S2. The highest BCUT2D eigenvalue weighted by molar-refractivity contribution is 7.91. The predicted molar refractivity (Wildman–Crippen MR) is 121 cm³/mol. The van der Waals surface area contributed by atoms with Crippen molar-refractivity contribution in [2.45, 2.75) is 23.5 Å². The van der Waals surface area contributed by atoms with Crippen LogP contribution in [0.2, 0.25) is 4.34 Å². The summed E-state index contributed by atoms with van der Waals surface area (Å²) >= 11 is 6.96. The van der Waals surface area contributed by atoms with E-state index in [1.807, 2.05) is 4.90 Å². The second-order valence-corrected chi connectivity index (χ2v) is 11.8. The first-order chi connectivity index (χ1) is 14.8. The Morgan fingerprint density at radius 3 is 2.23 bits per heavy atom. The molecule has 4 rings (SSSR count). The van der Waals surface area contributed by atoms with E-state index in [2.05, 4.69) is 4.90 Å². The second-order valence-electron chi connectivity index (χ2n) is 7.95. The van der Waals surface area contributed by atoms with Gasteiger partial charge in [-0.05, 0) is 55.2 Å². The highest BCUT2D eigenvalue weighted by Gasteiger charge is 2.32. The van der Waals surface area contributed by atoms with Gasteiger partial charge in [0.25, 0.3) is 10.0 Å². The number of carbonyl (C=O) groups is 1. The van der Waals surface area contributed by atoms with Crippen LogP contribution in [-0.2, 0) is 14.8 Å². The first kappa shape index (κ1) is 22.5. The molecule has 0 radical (unpaired) electrons. The van der Waals surface area contributed by atoms with Gasteiger partial charge in [-0.25, -0.2) is 12.8 Å². The van der Waals surface area contributed by atoms with Gasteiger partial charge >= 0.3 is 0 Å². The van der Waals surface area contributed by atoms with Crippen molar-refractivity contribution in [3.63, 3.8) is 0 Å². The number of thiophene rings is 1. The van der Waals surface area contributed by atoms with Crippen LogP contribution < -0.4 is 4.90 Å². The number of halogens is 2. The van der Waals surface area contributed by atoms with Gasteiger partial charge in [0.1, 0.15) is 10.0 Å². The third kappa shape index (κ3) is 5.22. The molecule has 0 bridgehead atoms. The Bertz CT molecular complexity index is 1010. The maximum Gasteiger partial charge on any atom is 0.252 e. The molecule has 168 valence electrons. The molecule has 2 aliphatic rings. The zero-order chi connectivity index (χ0) is 22.0. The van der Waals surface area contributed by atoms with Crippen molar-refractivity contribution in [2.75, 3.05) is 44.2 Å². The zero-order valence-corrected chi connectivity index (χ0v) is 19.4. The fourth-order valence-electron chi connectivity index (χ4n) is 4.16. The Labute approximate surface area is 191 Å². The van der Waals surface area contributed by atoms with E-state index in [1.165, 1.54) is 16.4 Å². The molecule has 0 saturated carbocycles. The standard InChI is InChI=1S/C21H25ClFN3O3S2/c22-19-5-6-21(30-19)31(28,29)26-9-7-16(8-10-26)15-20(27)25-13-11-24(12-14-25)18-3-1-17(23)2-4-18/h1-6,16H,7-15H2. The van der Waals surface area contributed by atoms with Crippen molar-refractivity contribution >= 4 is 44.6 Å². The number of amides is 1. The van der Waals surface area contributed by atoms with Crippen LogP contribution in [0.4, 0.5) is 10.1 Å². The molecule has 2 aliphatic heterocycles. The number of hydrogen-bond acceptors (Lipinski definition) is 5. The minimum atomic E-state index is -3.51. The lowest BCUT2D eigenvalue weighted by atomic mass is 9.94. The number of piperazine rings is 1. The molecule has 0 unspecified atom stereocenters. The zero-order valence-electron chi connectivity index (χ0n) is 17.0. The topological polar surface area (TPSA) is 60.9 Å². The number of nitrogens with zero attached hydrogens (tertiary/aromatic N) is 3. The van der Waals surface area contributed by atoms with Crippen molar-refractivity contribution in [1.82, 2.24) is 9.21 Å². The van der Waals surface area contributed by atoms with Gasteiger partial charge in [0.15, 0.2) is 0 Å². The average molecular weight is 486 g/mol. The van der Waals surface area contributed by atoms with E-state index in [9.17, 15) is 17.6 Å². The largest absolute Gasteiger partial charge is 0.368 e. The molecule has 0 spiro atoms. The van der Waals surface area contributed by atoms with Gasteiger partial charge in [-0.3, -0.25) is 4.79 Å².